The molecule has 0 radical (unpaired) electrons. The highest BCUT2D eigenvalue weighted by Gasteiger charge is 2.37. The highest BCUT2D eigenvalue weighted by atomic mass is 32.2. The van der Waals surface area contributed by atoms with Crippen LogP contribution in [0.15, 0.2) is 17.0 Å². The average molecular weight is 341 g/mol. The van der Waals surface area contributed by atoms with E-state index in [1.807, 2.05) is 0 Å². The summed E-state index contributed by atoms with van der Waals surface area (Å²) in [6.45, 7) is 3.47. The van der Waals surface area contributed by atoms with Gasteiger partial charge in [-0.05, 0) is 43.5 Å². The number of nitrogens with zero attached hydrogens (tertiary/aromatic N) is 1. The number of carbonyl (C=O) groups is 2. The SMILES string of the molecule is COC(=O)c1cc(C)c(C)c(S(=O)(=O)N2CCC(C(=O)O)C2)c1. The average Bonchev–Trinajstić information content (AvgIpc) is 2.99. The first-order valence-corrected chi connectivity index (χ1v) is 8.55. The highest BCUT2D eigenvalue weighted by molar-refractivity contribution is 7.89. The smallest absolute Gasteiger partial charge is 0.337 e. The van der Waals surface area contributed by atoms with Crippen molar-refractivity contribution in [2.75, 3.05) is 20.2 Å². The number of ether oxygens (including phenoxy) is 1. The Morgan fingerprint density at radius 1 is 1.30 bits per heavy atom. The number of methoxy groups -OCH3 is 1. The molecule has 0 amide bonds. The summed E-state index contributed by atoms with van der Waals surface area (Å²) < 4.78 is 31.4. The van der Waals surface area contributed by atoms with Gasteiger partial charge in [0, 0.05) is 13.1 Å². The molecule has 0 bridgehead atoms. The Morgan fingerprint density at radius 3 is 2.48 bits per heavy atom. The number of hydrogen-bond donors (Lipinski definition) is 1. The van der Waals surface area contributed by atoms with Gasteiger partial charge in [0.05, 0.1) is 23.5 Å². The maximum atomic E-state index is 12.8. The Hall–Kier alpha value is -1.93. The molecule has 1 aromatic carbocycles. The first-order chi connectivity index (χ1) is 10.7. The van der Waals surface area contributed by atoms with E-state index in [0.29, 0.717) is 11.1 Å². The van der Waals surface area contributed by atoms with Crippen LogP contribution in [0.5, 0.6) is 0 Å². The van der Waals surface area contributed by atoms with E-state index < -0.39 is 27.9 Å². The Morgan fingerprint density at radius 2 is 1.96 bits per heavy atom. The maximum absolute atomic E-state index is 12.8. The van der Waals surface area contributed by atoms with Crippen LogP contribution in [0, 0.1) is 19.8 Å². The van der Waals surface area contributed by atoms with Gasteiger partial charge >= 0.3 is 11.9 Å². The molecule has 1 fully saturated rings. The molecule has 23 heavy (non-hydrogen) atoms. The van der Waals surface area contributed by atoms with E-state index in [0.717, 1.165) is 4.31 Å². The molecule has 1 saturated heterocycles. The predicted molar refractivity (Wildman–Crippen MR) is 81.8 cm³/mol. The van der Waals surface area contributed by atoms with Crippen molar-refractivity contribution < 1.29 is 27.9 Å². The second-order valence-corrected chi connectivity index (χ2v) is 7.50. The quantitative estimate of drug-likeness (QED) is 0.826. The zero-order valence-electron chi connectivity index (χ0n) is 13.2. The van der Waals surface area contributed by atoms with Crippen LogP contribution in [0.1, 0.15) is 27.9 Å². The van der Waals surface area contributed by atoms with Crippen LogP contribution in [0.4, 0.5) is 0 Å². The Balaban J connectivity index is 2.46. The largest absolute Gasteiger partial charge is 0.481 e. The van der Waals surface area contributed by atoms with Gasteiger partial charge in [0.25, 0.3) is 0 Å². The first kappa shape index (κ1) is 17.4. The molecule has 8 heteroatoms. The number of benzene rings is 1. The van der Waals surface area contributed by atoms with Gasteiger partial charge in [-0.2, -0.15) is 4.31 Å². The lowest BCUT2D eigenvalue weighted by Gasteiger charge is -2.19. The van der Waals surface area contributed by atoms with E-state index in [2.05, 4.69) is 4.74 Å². The fourth-order valence-electron chi connectivity index (χ4n) is 2.62. The first-order valence-electron chi connectivity index (χ1n) is 7.11. The van der Waals surface area contributed by atoms with Crippen LogP contribution >= 0.6 is 0 Å². The van der Waals surface area contributed by atoms with Crippen LogP contribution in [0.25, 0.3) is 0 Å². The number of carboxylic acids is 1. The van der Waals surface area contributed by atoms with E-state index in [9.17, 15) is 18.0 Å². The lowest BCUT2D eigenvalue weighted by molar-refractivity contribution is -0.141. The standard InChI is InChI=1S/C15H19NO6S/c1-9-6-12(15(19)22-3)7-13(10(9)2)23(20,21)16-5-4-11(8-16)14(17)18/h6-7,11H,4-5,8H2,1-3H3,(H,17,18). The van der Waals surface area contributed by atoms with Gasteiger partial charge in [0.2, 0.25) is 10.0 Å². The van der Waals surface area contributed by atoms with Gasteiger partial charge in [-0.25, -0.2) is 13.2 Å². The molecule has 126 valence electrons. The van der Waals surface area contributed by atoms with Gasteiger partial charge in [0.1, 0.15) is 0 Å². The van der Waals surface area contributed by atoms with Crippen LogP contribution in [0.2, 0.25) is 0 Å². The number of esters is 1. The normalized spacial score (nSPS) is 18.8. The van der Waals surface area contributed by atoms with Crippen molar-refractivity contribution in [3.05, 3.63) is 28.8 Å². The number of carboxylic acid groups (broad SMARTS) is 1. The molecular formula is C15H19NO6S. The third-order valence-corrected chi connectivity index (χ3v) is 6.15. The molecule has 1 aliphatic rings. The molecule has 1 aromatic rings. The molecular weight excluding hydrogens is 322 g/mol. The highest BCUT2D eigenvalue weighted by Crippen LogP contribution is 2.29. The molecule has 1 atom stereocenters. The number of aliphatic carboxylic acids is 1. The summed E-state index contributed by atoms with van der Waals surface area (Å²) in [6.07, 6.45) is 0.281. The third kappa shape index (κ3) is 3.23. The summed E-state index contributed by atoms with van der Waals surface area (Å²) in [5.74, 6) is -2.32. The fraction of sp³-hybridized carbons (Fsp3) is 0.467. The van der Waals surface area contributed by atoms with Gasteiger partial charge in [0.15, 0.2) is 0 Å². The van der Waals surface area contributed by atoms with E-state index in [4.69, 9.17) is 5.11 Å². The van der Waals surface area contributed by atoms with Crippen LogP contribution in [-0.2, 0) is 19.6 Å². The van der Waals surface area contributed by atoms with Crippen LogP contribution in [0.3, 0.4) is 0 Å². The molecule has 2 rings (SSSR count). The Bertz CT molecular complexity index is 755. The van der Waals surface area contributed by atoms with Crippen molar-refractivity contribution in [3.8, 4) is 0 Å². The number of sulfonamides is 1. The fourth-order valence-corrected chi connectivity index (χ4v) is 4.44. The number of hydrogen-bond acceptors (Lipinski definition) is 5. The molecule has 1 N–H and O–H groups in total. The summed E-state index contributed by atoms with van der Waals surface area (Å²) in [5, 5.41) is 9.03. The number of aryl methyl sites for hydroxylation is 1. The zero-order valence-corrected chi connectivity index (χ0v) is 14.0. The van der Waals surface area contributed by atoms with E-state index in [1.165, 1.54) is 13.2 Å². The Kier molecular flexibility index (Phi) is 4.76. The topological polar surface area (TPSA) is 101 Å². The second kappa shape index (κ2) is 6.29. The molecule has 7 nitrogen and oxygen atoms in total. The minimum Gasteiger partial charge on any atom is -0.481 e. The van der Waals surface area contributed by atoms with Gasteiger partial charge in [-0.3, -0.25) is 4.79 Å². The van der Waals surface area contributed by atoms with E-state index in [1.54, 1.807) is 19.9 Å². The summed E-state index contributed by atoms with van der Waals surface area (Å²) in [6, 6.07) is 2.86. The molecule has 1 unspecified atom stereocenters. The van der Waals surface area contributed by atoms with Crippen LogP contribution in [-0.4, -0.2) is 50.0 Å². The summed E-state index contributed by atoms with van der Waals surface area (Å²) in [5.41, 5.74) is 1.35. The van der Waals surface area contributed by atoms with Crippen molar-refractivity contribution in [1.82, 2.24) is 4.31 Å². The molecule has 1 heterocycles. The van der Waals surface area contributed by atoms with Gasteiger partial charge in [-0.15, -0.1) is 0 Å². The monoisotopic (exact) mass is 341 g/mol. The molecule has 0 aromatic heterocycles. The summed E-state index contributed by atoms with van der Waals surface area (Å²) >= 11 is 0. The second-order valence-electron chi connectivity index (χ2n) is 5.59. The van der Waals surface area contributed by atoms with Crippen molar-refractivity contribution in [2.45, 2.75) is 25.2 Å². The number of rotatable bonds is 4. The summed E-state index contributed by atoms with van der Waals surface area (Å²) in [4.78, 5) is 22.8. The van der Waals surface area contributed by atoms with Crippen molar-refractivity contribution >= 4 is 22.0 Å². The predicted octanol–water partition coefficient (Wildman–Crippen LogP) is 1.19. The molecule has 0 spiro atoms. The van der Waals surface area contributed by atoms with E-state index in [-0.39, 0.29) is 30.0 Å². The lowest BCUT2D eigenvalue weighted by atomic mass is 10.1. The molecule has 0 saturated carbocycles. The van der Waals surface area contributed by atoms with Gasteiger partial charge < -0.3 is 9.84 Å². The lowest BCUT2D eigenvalue weighted by Crippen LogP contribution is -2.31. The summed E-state index contributed by atoms with van der Waals surface area (Å²) in [7, 11) is -2.63. The van der Waals surface area contributed by atoms with Gasteiger partial charge in [-0.1, -0.05) is 0 Å². The van der Waals surface area contributed by atoms with Crippen LogP contribution < -0.4 is 0 Å². The van der Waals surface area contributed by atoms with Crippen molar-refractivity contribution in [2.24, 2.45) is 5.92 Å². The molecule has 1 aliphatic heterocycles. The molecule has 0 aliphatic carbocycles. The van der Waals surface area contributed by atoms with E-state index >= 15 is 0 Å². The number of carbonyl (C=O) groups excluding carboxylic acids is 1. The third-order valence-electron chi connectivity index (χ3n) is 4.16. The Labute approximate surface area is 134 Å². The maximum Gasteiger partial charge on any atom is 0.337 e. The minimum atomic E-state index is -3.86. The van der Waals surface area contributed by atoms with Crippen molar-refractivity contribution in [3.63, 3.8) is 0 Å². The van der Waals surface area contributed by atoms with Crippen molar-refractivity contribution in [1.29, 1.82) is 0 Å². The minimum absolute atomic E-state index is 0.0175. The zero-order chi connectivity index (χ0) is 17.4.